The number of benzene rings is 2. The number of nitriles is 1. The first-order chi connectivity index (χ1) is 15.0. The van der Waals surface area contributed by atoms with Crippen LogP contribution in [-0.2, 0) is 22.3 Å². The molecule has 8 nitrogen and oxygen atoms in total. The maximum atomic E-state index is 12.9. The molecule has 0 spiro atoms. The van der Waals surface area contributed by atoms with Crippen LogP contribution in [0.2, 0.25) is 0 Å². The van der Waals surface area contributed by atoms with Crippen molar-refractivity contribution in [1.29, 1.82) is 5.26 Å². The summed E-state index contributed by atoms with van der Waals surface area (Å²) in [5.41, 5.74) is -0.103. The Balaban J connectivity index is 0.000000547. The van der Waals surface area contributed by atoms with E-state index < -0.39 is 23.7 Å². The zero-order valence-electron chi connectivity index (χ0n) is 16.9. The number of carboxylic acids is 2. The first-order valence-corrected chi connectivity index (χ1v) is 8.77. The predicted molar refractivity (Wildman–Crippen MR) is 106 cm³/mol. The number of nitrogens with zero attached hydrogens (tertiary/aromatic N) is 1. The molecule has 0 aliphatic carbocycles. The van der Waals surface area contributed by atoms with E-state index in [1.807, 2.05) is 6.07 Å². The van der Waals surface area contributed by atoms with E-state index in [0.29, 0.717) is 24.4 Å². The molecule has 0 aliphatic rings. The van der Waals surface area contributed by atoms with E-state index in [1.165, 1.54) is 7.11 Å². The fraction of sp³-hybridized carbons (Fsp3) is 0.190. The number of carboxylic acid groups (broad SMARTS) is 2. The second-order valence-corrected chi connectivity index (χ2v) is 5.91. The minimum Gasteiger partial charge on any atom is -0.492 e. The maximum absolute atomic E-state index is 12.9. The number of methoxy groups -OCH3 is 1. The van der Waals surface area contributed by atoms with Gasteiger partial charge in [-0.25, -0.2) is 9.59 Å². The molecule has 2 aromatic rings. The molecule has 11 heteroatoms. The number of ether oxygens (including phenoxy) is 2. The molecule has 2 aromatic carbocycles. The van der Waals surface area contributed by atoms with Crippen molar-refractivity contribution < 1.29 is 42.4 Å². The lowest BCUT2D eigenvalue weighted by Crippen LogP contribution is -2.07. The minimum atomic E-state index is -4.52. The van der Waals surface area contributed by atoms with Crippen LogP contribution < -0.4 is 14.8 Å². The van der Waals surface area contributed by atoms with Gasteiger partial charge < -0.3 is 25.0 Å². The van der Waals surface area contributed by atoms with Gasteiger partial charge in [-0.2, -0.15) is 18.4 Å². The molecule has 2 rings (SSSR count). The summed E-state index contributed by atoms with van der Waals surface area (Å²) < 4.78 is 49.5. The molecular formula is C21H19F3N2O6. The zero-order chi connectivity index (χ0) is 24.3. The minimum absolute atomic E-state index is 0.00377. The number of carbonyl (C=O) groups is 2. The quantitative estimate of drug-likeness (QED) is 0.541. The van der Waals surface area contributed by atoms with E-state index in [-0.39, 0.29) is 17.1 Å². The number of hydrogen-bond acceptors (Lipinski definition) is 6. The van der Waals surface area contributed by atoms with Crippen LogP contribution in [0, 0.1) is 11.3 Å². The molecule has 0 bridgehead atoms. The molecule has 0 saturated carbocycles. The van der Waals surface area contributed by atoms with Gasteiger partial charge in [0.15, 0.2) is 11.5 Å². The van der Waals surface area contributed by atoms with Gasteiger partial charge in [0, 0.05) is 24.3 Å². The maximum Gasteiger partial charge on any atom is 0.416 e. The third-order valence-electron chi connectivity index (χ3n) is 3.65. The highest BCUT2D eigenvalue weighted by molar-refractivity contribution is 5.89. The van der Waals surface area contributed by atoms with Gasteiger partial charge in [-0.05, 0) is 31.3 Å². The molecule has 3 N–H and O–H groups in total. The van der Waals surface area contributed by atoms with Crippen molar-refractivity contribution in [3.63, 3.8) is 0 Å². The molecule has 170 valence electrons. The van der Waals surface area contributed by atoms with Gasteiger partial charge in [0.2, 0.25) is 0 Å². The van der Waals surface area contributed by atoms with Crippen LogP contribution in [0.5, 0.6) is 17.2 Å². The summed E-state index contributed by atoms with van der Waals surface area (Å²) >= 11 is 0. The third kappa shape index (κ3) is 8.00. The normalized spacial score (nSPS) is 10.6. The van der Waals surface area contributed by atoms with Crippen molar-refractivity contribution in [3.05, 3.63) is 65.2 Å². The number of nitrogens with one attached hydrogen (secondary N) is 1. The molecule has 0 radical (unpaired) electrons. The smallest absolute Gasteiger partial charge is 0.416 e. The fourth-order valence-corrected chi connectivity index (χ4v) is 2.34. The Labute approximate surface area is 181 Å². The molecule has 0 atom stereocenters. The Kier molecular flexibility index (Phi) is 9.72. The monoisotopic (exact) mass is 452 g/mol. The first-order valence-electron chi connectivity index (χ1n) is 8.77. The number of rotatable bonds is 7. The zero-order valence-corrected chi connectivity index (χ0v) is 16.9. The second-order valence-electron chi connectivity index (χ2n) is 5.91. The second kappa shape index (κ2) is 12.0. The van der Waals surface area contributed by atoms with Crippen molar-refractivity contribution in [1.82, 2.24) is 5.32 Å². The van der Waals surface area contributed by atoms with Gasteiger partial charge in [0.05, 0.1) is 18.2 Å². The summed E-state index contributed by atoms with van der Waals surface area (Å²) in [6.07, 6.45) is -3.41. The van der Waals surface area contributed by atoms with Crippen LogP contribution in [0.3, 0.4) is 0 Å². The summed E-state index contributed by atoms with van der Waals surface area (Å²) in [5, 5.41) is 27.7. The fourth-order valence-electron chi connectivity index (χ4n) is 2.34. The van der Waals surface area contributed by atoms with Crippen LogP contribution in [0.1, 0.15) is 16.7 Å². The molecule has 32 heavy (non-hydrogen) atoms. The molecule has 0 unspecified atom stereocenters. The highest BCUT2D eigenvalue weighted by atomic mass is 19.4. The topological polar surface area (TPSA) is 129 Å². The van der Waals surface area contributed by atoms with Crippen molar-refractivity contribution >= 4 is 11.9 Å². The Morgan fingerprint density at radius 1 is 1.12 bits per heavy atom. The van der Waals surface area contributed by atoms with Crippen LogP contribution in [0.15, 0.2) is 48.6 Å². The molecule has 0 amide bonds. The van der Waals surface area contributed by atoms with Crippen LogP contribution in [-0.4, -0.2) is 36.3 Å². The van der Waals surface area contributed by atoms with E-state index in [9.17, 15) is 22.8 Å². The van der Waals surface area contributed by atoms with Crippen molar-refractivity contribution in [2.45, 2.75) is 12.7 Å². The van der Waals surface area contributed by atoms with Crippen LogP contribution in [0.4, 0.5) is 13.2 Å². The average Bonchev–Trinajstić information content (AvgIpc) is 2.72. The first kappa shape index (κ1) is 26.0. The summed E-state index contributed by atoms with van der Waals surface area (Å²) in [7, 11) is 3.20. The number of para-hydroxylation sites is 1. The summed E-state index contributed by atoms with van der Waals surface area (Å²) in [6.45, 7) is 0.494. The Bertz CT molecular complexity index is 1010. The lowest BCUT2D eigenvalue weighted by atomic mass is 10.1. The highest BCUT2D eigenvalue weighted by Gasteiger charge is 2.31. The average molecular weight is 452 g/mol. The molecule has 0 saturated heterocycles. The Hall–Kier alpha value is -4.04. The molecule has 0 fully saturated rings. The third-order valence-corrected chi connectivity index (χ3v) is 3.65. The van der Waals surface area contributed by atoms with Crippen molar-refractivity contribution in [2.75, 3.05) is 14.2 Å². The van der Waals surface area contributed by atoms with Gasteiger partial charge in [0.1, 0.15) is 11.8 Å². The summed E-state index contributed by atoms with van der Waals surface area (Å²) in [4.78, 5) is 19.1. The highest BCUT2D eigenvalue weighted by Crippen LogP contribution is 2.38. The standard InChI is InChI=1S/C17H15F3N2O2.C4H4O4/c1-22-10-12-4-3-5-14(16(12)23-2)24-15-8-13(17(18,19)20)7-6-11(15)9-21;5-3(6)1-2-4(7)8/h3-8,22H,10H2,1-2H3;1-2H,(H,5,6)(H,7,8)/b;2-1+. The van der Waals surface area contributed by atoms with Gasteiger partial charge in [-0.1, -0.05) is 12.1 Å². The van der Waals surface area contributed by atoms with E-state index in [0.717, 1.165) is 23.8 Å². The molecule has 0 aromatic heterocycles. The van der Waals surface area contributed by atoms with Gasteiger partial charge in [-0.15, -0.1) is 0 Å². The lowest BCUT2D eigenvalue weighted by Gasteiger charge is -2.16. The van der Waals surface area contributed by atoms with E-state index >= 15 is 0 Å². The van der Waals surface area contributed by atoms with E-state index in [4.69, 9.17) is 24.9 Å². The number of hydrogen-bond donors (Lipinski definition) is 3. The Morgan fingerprint density at radius 2 is 1.75 bits per heavy atom. The van der Waals surface area contributed by atoms with Crippen molar-refractivity contribution in [2.24, 2.45) is 0 Å². The number of alkyl halides is 3. The SMILES string of the molecule is CNCc1cccc(Oc2cc(C(F)(F)F)ccc2C#N)c1OC.O=C(O)/C=C/C(=O)O. The van der Waals surface area contributed by atoms with Gasteiger partial charge in [-0.3, -0.25) is 0 Å². The van der Waals surface area contributed by atoms with E-state index in [2.05, 4.69) is 5.32 Å². The molecule has 0 aliphatic heterocycles. The lowest BCUT2D eigenvalue weighted by molar-refractivity contribution is -0.137. The van der Waals surface area contributed by atoms with Crippen LogP contribution in [0.25, 0.3) is 0 Å². The van der Waals surface area contributed by atoms with Crippen molar-refractivity contribution in [3.8, 4) is 23.3 Å². The largest absolute Gasteiger partial charge is 0.492 e. The van der Waals surface area contributed by atoms with Gasteiger partial charge in [0.25, 0.3) is 0 Å². The predicted octanol–water partition coefficient (Wildman–Crippen LogP) is 3.81. The number of halogens is 3. The Morgan fingerprint density at radius 3 is 2.22 bits per heavy atom. The molecular weight excluding hydrogens is 433 g/mol. The van der Waals surface area contributed by atoms with E-state index in [1.54, 1.807) is 25.2 Å². The molecule has 0 heterocycles. The summed E-state index contributed by atoms with van der Waals surface area (Å²) in [5.74, 6) is -2.05. The number of aliphatic carboxylic acids is 2. The van der Waals surface area contributed by atoms with Gasteiger partial charge >= 0.3 is 18.1 Å². The summed E-state index contributed by atoms with van der Waals surface area (Å²) in [6, 6.07) is 9.64. The van der Waals surface area contributed by atoms with Crippen LogP contribution >= 0.6 is 0 Å².